The Morgan fingerprint density at radius 2 is 1.90 bits per heavy atom. The van der Waals surface area contributed by atoms with Crippen LogP contribution in [0.2, 0.25) is 5.02 Å². The average molecular weight is 557 g/mol. The molecular formula is C22H19ClFIN2O4. The van der Waals surface area contributed by atoms with Crippen molar-refractivity contribution in [1.82, 2.24) is 10.3 Å². The van der Waals surface area contributed by atoms with Gasteiger partial charge in [-0.1, -0.05) is 11.6 Å². The summed E-state index contributed by atoms with van der Waals surface area (Å²) in [4.78, 5) is 16.9. The van der Waals surface area contributed by atoms with Crippen LogP contribution in [0.4, 0.5) is 4.39 Å². The van der Waals surface area contributed by atoms with Crippen molar-refractivity contribution < 1.29 is 23.8 Å². The fourth-order valence-corrected chi connectivity index (χ4v) is 3.60. The lowest BCUT2D eigenvalue weighted by Gasteiger charge is -2.15. The first-order valence-electron chi connectivity index (χ1n) is 9.14. The number of methoxy groups -OCH3 is 2. The summed E-state index contributed by atoms with van der Waals surface area (Å²) in [6.07, 6.45) is -1.07. The molecule has 1 aromatic heterocycles. The summed E-state index contributed by atoms with van der Waals surface area (Å²) in [5.74, 6) is 0.130. The molecule has 1 heterocycles. The van der Waals surface area contributed by atoms with E-state index in [1.807, 2.05) is 0 Å². The van der Waals surface area contributed by atoms with Crippen molar-refractivity contribution in [2.75, 3.05) is 20.8 Å². The maximum Gasteiger partial charge on any atom is 0.251 e. The molecule has 0 bridgehead atoms. The van der Waals surface area contributed by atoms with Gasteiger partial charge < -0.3 is 19.9 Å². The maximum absolute atomic E-state index is 13.5. The van der Waals surface area contributed by atoms with E-state index in [9.17, 15) is 14.3 Å². The highest BCUT2D eigenvalue weighted by molar-refractivity contribution is 14.1. The monoisotopic (exact) mass is 556 g/mol. The van der Waals surface area contributed by atoms with Gasteiger partial charge in [-0.25, -0.2) is 9.37 Å². The zero-order valence-corrected chi connectivity index (χ0v) is 19.6. The number of hydrogen-bond acceptors (Lipinski definition) is 5. The van der Waals surface area contributed by atoms with Crippen LogP contribution in [0.15, 0.2) is 48.5 Å². The van der Waals surface area contributed by atoms with Crippen LogP contribution in [0.25, 0.3) is 11.3 Å². The predicted octanol–water partition coefficient (Wildman–Crippen LogP) is 4.63. The number of ether oxygens (including phenoxy) is 2. The third-order valence-corrected chi connectivity index (χ3v) is 5.68. The van der Waals surface area contributed by atoms with E-state index in [4.69, 9.17) is 21.1 Å². The van der Waals surface area contributed by atoms with Crippen molar-refractivity contribution in [2.24, 2.45) is 0 Å². The van der Waals surface area contributed by atoms with Gasteiger partial charge in [0.1, 0.15) is 29.1 Å². The Morgan fingerprint density at radius 1 is 1.16 bits per heavy atom. The van der Waals surface area contributed by atoms with Gasteiger partial charge in [0.15, 0.2) is 0 Å². The van der Waals surface area contributed by atoms with Crippen LogP contribution in [0.5, 0.6) is 11.5 Å². The van der Waals surface area contributed by atoms with E-state index in [1.54, 1.807) is 30.3 Å². The molecule has 9 heteroatoms. The third kappa shape index (κ3) is 5.44. The standard InChI is InChI=1S/C22H19ClFIN2O4/c1-30-19-8-7-17(27-21(19)12-3-5-15(24)14(23)9-12)18(28)11-26-22(29)13-4-6-16(25)20(10-13)31-2/h3-10,18,28H,11H2,1-2H3,(H,26,29). The van der Waals surface area contributed by atoms with Crippen molar-refractivity contribution >= 4 is 40.1 Å². The first kappa shape index (κ1) is 23.2. The number of aliphatic hydroxyl groups is 1. The van der Waals surface area contributed by atoms with Crippen LogP contribution in [0, 0.1) is 9.39 Å². The molecule has 0 aliphatic heterocycles. The van der Waals surface area contributed by atoms with Crippen LogP contribution in [-0.2, 0) is 0 Å². The molecule has 0 saturated carbocycles. The zero-order valence-electron chi connectivity index (χ0n) is 16.7. The number of halogens is 3. The fourth-order valence-electron chi connectivity index (χ4n) is 2.86. The first-order valence-corrected chi connectivity index (χ1v) is 10.6. The number of nitrogens with one attached hydrogen (secondary N) is 1. The molecule has 31 heavy (non-hydrogen) atoms. The summed E-state index contributed by atoms with van der Waals surface area (Å²) < 4.78 is 25.0. The van der Waals surface area contributed by atoms with Gasteiger partial charge in [-0.05, 0) is 71.1 Å². The second-order valence-corrected chi connectivity index (χ2v) is 8.06. The second kappa shape index (κ2) is 10.3. The number of carbonyl (C=O) groups is 1. The minimum absolute atomic E-state index is 0.0486. The van der Waals surface area contributed by atoms with Gasteiger partial charge in [0.2, 0.25) is 0 Å². The normalized spacial score (nSPS) is 11.7. The Balaban J connectivity index is 1.78. The third-order valence-electron chi connectivity index (χ3n) is 4.50. The molecule has 2 aromatic carbocycles. The maximum atomic E-state index is 13.5. The van der Waals surface area contributed by atoms with E-state index in [0.717, 1.165) is 3.57 Å². The van der Waals surface area contributed by atoms with Crippen LogP contribution in [-0.4, -0.2) is 36.8 Å². The van der Waals surface area contributed by atoms with Crippen LogP contribution in [0.1, 0.15) is 22.2 Å². The molecule has 162 valence electrons. The number of hydrogen-bond donors (Lipinski definition) is 2. The van der Waals surface area contributed by atoms with Gasteiger partial charge in [0.25, 0.3) is 5.91 Å². The number of rotatable bonds is 7. The molecule has 1 amide bonds. The van der Waals surface area contributed by atoms with Crippen molar-refractivity contribution in [3.8, 4) is 22.8 Å². The molecule has 0 spiro atoms. The van der Waals surface area contributed by atoms with Crippen molar-refractivity contribution in [3.05, 3.63) is 74.2 Å². The summed E-state index contributed by atoms with van der Waals surface area (Å²) in [5, 5.41) is 13.2. The molecule has 0 saturated heterocycles. The van der Waals surface area contributed by atoms with Gasteiger partial charge in [-0.15, -0.1) is 0 Å². The van der Waals surface area contributed by atoms with Crippen molar-refractivity contribution in [2.45, 2.75) is 6.10 Å². The Bertz CT molecular complexity index is 1110. The zero-order chi connectivity index (χ0) is 22.5. The molecule has 6 nitrogen and oxygen atoms in total. The average Bonchev–Trinajstić information content (AvgIpc) is 2.78. The molecule has 3 aromatic rings. The van der Waals surface area contributed by atoms with E-state index < -0.39 is 11.9 Å². The van der Waals surface area contributed by atoms with E-state index >= 15 is 0 Å². The van der Waals surface area contributed by atoms with Crippen LogP contribution < -0.4 is 14.8 Å². The number of carbonyl (C=O) groups excluding carboxylic acids is 1. The number of aliphatic hydroxyl groups excluding tert-OH is 1. The molecule has 0 aliphatic carbocycles. The highest BCUT2D eigenvalue weighted by Gasteiger charge is 2.17. The molecular weight excluding hydrogens is 538 g/mol. The van der Waals surface area contributed by atoms with Gasteiger partial charge in [-0.2, -0.15) is 0 Å². The highest BCUT2D eigenvalue weighted by Crippen LogP contribution is 2.32. The number of benzene rings is 2. The summed E-state index contributed by atoms with van der Waals surface area (Å²) in [6.45, 7) is -0.0594. The molecule has 3 rings (SSSR count). The van der Waals surface area contributed by atoms with Crippen molar-refractivity contribution in [1.29, 1.82) is 0 Å². The molecule has 1 atom stereocenters. The Kier molecular flexibility index (Phi) is 7.69. The van der Waals surface area contributed by atoms with E-state index in [-0.39, 0.29) is 17.5 Å². The Labute approximate surface area is 197 Å². The largest absolute Gasteiger partial charge is 0.496 e. The number of amides is 1. The summed E-state index contributed by atoms with van der Waals surface area (Å²) in [6, 6.07) is 12.5. The Hall–Kier alpha value is -2.43. The summed E-state index contributed by atoms with van der Waals surface area (Å²) >= 11 is 8.00. The molecule has 0 radical (unpaired) electrons. The smallest absolute Gasteiger partial charge is 0.251 e. The SMILES string of the molecule is COc1cc(C(=O)NCC(O)c2ccc(OC)c(-c3ccc(F)c(Cl)c3)n2)ccc1I. The van der Waals surface area contributed by atoms with Gasteiger partial charge in [0, 0.05) is 17.7 Å². The molecule has 0 fully saturated rings. The van der Waals surface area contributed by atoms with Gasteiger partial charge in [0.05, 0.1) is 28.5 Å². The number of pyridine rings is 1. The molecule has 0 aliphatic rings. The molecule has 1 unspecified atom stereocenters. The lowest BCUT2D eigenvalue weighted by Crippen LogP contribution is -2.28. The minimum Gasteiger partial charge on any atom is -0.496 e. The van der Waals surface area contributed by atoms with Gasteiger partial charge >= 0.3 is 0 Å². The molecule has 2 N–H and O–H groups in total. The predicted molar refractivity (Wildman–Crippen MR) is 124 cm³/mol. The lowest BCUT2D eigenvalue weighted by atomic mass is 10.1. The quantitative estimate of drug-likeness (QED) is 0.415. The van der Waals surface area contributed by atoms with Crippen LogP contribution in [0.3, 0.4) is 0 Å². The van der Waals surface area contributed by atoms with Gasteiger partial charge in [-0.3, -0.25) is 4.79 Å². The summed E-state index contributed by atoms with van der Waals surface area (Å²) in [5.41, 5.74) is 1.66. The second-order valence-electron chi connectivity index (χ2n) is 6.49. The van der Waals surface area contributed by atoms with E-state index in [0.29, 0.717) is 34.0 Å². The minimum atomic E-state index is -1.07. The summed E-state index contributed by atoms with van der Waals surface area (Å²) in [7, 11) is 3.02. The fraction of sp³-hybridized carbons (Fsp3) is 0.182. The van der Waals surface area contributed by atoms with Crippen molar-refractivity contribution in [3.63, 3.8) is 0 Å². The first-order chi connectivity index (χ1) is 14.8. The topological polar surface area (TPSA) is 80.7 Å². The lowest BCUT2D eigenvalue weighted by molar-refractivity contribution is 0.0913. The van der Waals surface area contributed by atoms with E-state index in [1.165, 1.54) is 32.4 Å². The van der Waals surface area contributed by atoms with E-state index in [2.05, 4.69) is 32.9 Å². The number of nitrogens with zero attached hydrogens (tertiary/aromatic N) is 1. The van der Waals surface area contributed by atoms with Crippen LogP contribution >= 0.6 is 34.2 Å². The number of aromatic nitrogens is 1. The Morgan fingerprint density at radius 3 is 2.58 bits per heavy atom. The highest BCUT2D eigenvalue weighted by atomic mass is 127.